The molecule has 2 saturated heterocycles. The lowest BCUT2D eigenvalue weighted by Gasteiger charge is -2.34. The third kappa shape index (κ3) is 7.55. The third-order valence-electron chi connectivity index (χ3n) is 5.55. The Morgan fingerprint density at radius 2 is 1.90 bits per heavy atom. The number of anilines is 1. The molecule has 0 amide bonds. The van der Waals surface area contributed by atoms with Crippen LogP contribution < -0.4 is 15.5 Å². The molecule has 1 aromatic heterocycles. The summed E-state index contributed by atoms with van der Waals surface area (Å²) >= 11 is 1.81. The lowest BCUT2D eigenvalue weighted by molar-refractivity contribution is 0.280. The number of rotatable bonds is 6. The Morgan fingerprint density at radius 3 is 2.45 bits per heavy atom. The van der Waals surface area contributed by atoms with Gasteiger partial charge in [-0.1, -0.05) is 0 Å². The first-order valence-electron chi connectivity index (χ1n) is 10.2. The number of halogens is 1. The van der Waals surface area contributed by atoms with E-state index in [0.29, 0.717) is 25.0 Å². The van der Waals surface area contributed by atoms with Crippen LogP contribution in [0.25, 0.3) is 0 Å². The molecule has 0 saturated carbocycles. The maximum atomic E-state index is 11.6. The van der Waals surface area contributed by atoms with Crippen LogP contribution in [0.4, 0.5) is 5.00 Å². The molecule has 0 atom stereocenters. The fraction of sp³-hybridized carbons (Fsp3) is 0.737. The van der Waals surface area contributed by atoms with E-state index in [1.165, 1.54) is 11.3 Å². The molecule has 166 valence electrons. The summed E-state index contributed by atoms with van der Waals surface area (Å²) in [6, 6.07) is 4.75. The summed E-state index contributed by atoms with van der Waals surface area (Å²) in [5.74, 6) is 1.34. The number of piperidine rings is 2. The van der Waals surface area contributed by atoms with Gasteiger partial charge >= 0.3 is 0 Å². The number of sulfonamides is 1. The lowest BCUT2D eigenvalue weighted by Crippen LogP contribution is -2.49. The maximum Gasteiger partial charge on any atom is 0.211 e. The highest BCUT2D eigenvalue weighted by molar-refractivity contribution is 14.0. The fourth-order valence-electron chi connectivity index (χ4n) is 3.85. The molecule has 29 heavy (non-hydrogen) atoms. The molecule has 3 heterocycles. The van der Waals surface area contributed by atoms with Gasteiger partial charge in [0.25, 0.3) is 0 Å². The quantitative estimate of drug-likeness (QED) is 0.321. The van der Waals surface area contributed by atoms with Crippen LogP contribution in [0.3, 0.4) is 0 Å². The Labute approximate surface area is 196 Å². The van der Waals surface area contributed by atoms with Crippen LogP contribution in [-0.2, 0) is 10.0 Å². The number of thiophene rings is 1. The van der Waals surface area contributed by atoms with Gasteiger partial charge < -0.3 is 15.5 Å². The first-order valence-corrected chi connectivity index (χ1v) is 13.0. The van der Waals surface area contributed by atoms with Gasteiger partial charge in [-0.05, 0) is 56.0 Å². The summed E-state index contributed by atoms with van der Waals surface area (Å²) in [6.07, 6.45) is 5.27. The lowest BCUT2D eigenvalue weighted by atomic mass is 9.98. The highest BCUT2D eigenvalue weighted by atomic mass is 127. The van der Waals surface area contributed by atoms with Crippen molar-refractivity contribution < 1.29 is 8.42 Å². The van der Waals surface area contributed by atoms with Crippen molar-refractivity contribution in [1.29, 1.82) is 0 Å². The minimum Gasteiger partial charge on any atom is -0.363 e. The molecule has 10 heteroatoms. The van der Waals surface area contributed by atoms with Crippen LogP contribution in [0.15, 0.2) is 22.5 Å². The Hall–Kier alpha value is -0.590. The van der Waals surface area contributed by atoms with Crippen LogP contribution in [0.2, 0.25) is 0 Å². The number of hydrogen-bond donors (Lipinski definition) is 2. The molecule has 2 aliphatic rings. The molecule has 7 nitrogen and oxygen atoms in total. The first kappa shape index (κ1) is 24.7. The van der Waals surface area contributed by atoms with E-state index in [1.807, 2.05) is 0 Å². The normalized spacial score (nSPS) is 20.3. The van der Waals surface area contributed by atoms with Crippen molar-refractivity contribution in [2.45, 2.75) is 38.6 Å². The second-order valence-electron chi connectivity index (χ2n) is 7.68. The van der Waals surface area contributed by atoms with E-state index < -0.39 is 10.0 Å². The van der Waals surface area contributed by atoms with Gasteiger partial charge in [0.1, 0.15) is 0 Å². The van der Waals surface area contributed by atoms with Crippen LogP contribution in [-0.4, -0.2) is 70.2 Å². The average molecular weight is 556 g/mol. The van der Waals surface area contributed by atoms with E-state index >= 15 is 0 Å². The van der Waals surface area contributed by atoms with E-state index in [2.05, 4.69) is 40.0 Å². The molecule has 0 unspecified atom stereocenters. The van der Waals surface area contributed by atoms with Gasteiger partial charge in [-0.15, -0.1) is 35.3 Å². The molecule has 0 aromatic carbocycles. The van der Waals surface area contributed by atoms with Crippen molar-refractivity contribution in [3.63, 3.8) is 0 Å². The molecular weight excluding hydrogens is 521 g/mol. The van der Waals surface area contributed by atoms with Gasteiger partial charge in [0.2, 0.25) is 10.0 Å². The Morgan fingerprint density at radius 1 is 1.21 bits per heavy atom. The van der Waals surface area contributed by atoms with Crippen molar-refractivity contribution >= 4 is 56.3 Å². The summed E-state index contributed by atoms with van der Waals surface area (Å²) in [5, 5.41) is 10.5. The summed E-state index contributed by atoms with van der Waals surface area (Å²) in [4.78, 5) is 7.26. The molecule has 0 radical (unpaired) electrons. The van der Waals surface area contributed by atoms with Crippen LogP contribution in [0, 0.1) is 5.92 Å². The number of guanidine groups is 1. The summed E-state index contributed by atoms with van der Waals surface area (Å²) in [5.41, 5.74) is 0. The van der Waals surface area contributed by atoms with E-state index in [0.717, 1.165) is 57.8 Å². The predicted molar refractivity (Wildman–Crippen MR) is 133 cm³/mol. The Balaban J connectivity index is 0.00000300. The van der Waals surface area contributed by atoms with E-state index in [4.69, 9.17) is 4.99 Å². The number of nitrogens with zero attached hydrogens (tertiary/aromatic N) is 3. The van der Waals surface area contributed by atoms with Gasteiger partial charge in [0.05, 0.1) is 11.3 Å². The van der Waals surface area contributed by atoms with Crippen LogP contribution in [0.1, 0.15) is 32.6 Å². The molecule has 0 bridgehead atoms. The average Bonchev–Trinajstić information content (AvgIpc) is 3.21. The SMILES string of the molecule is CCNC(=NCC1CCN(S(C)(=O)=O)CC1)NC1CCN(c2cccs2)CC1.I. The van der Waals surface area contributed by atoms with Crippen molar-refractivity contribution in [2.24, 2.45) is 10.9 Å². The van der Waals surface area contributed by atoms with E-state index in [-0.39, 0.29) is 24.0 Å². The van der Waals surface area contributed by atoms with E-state index in [1.54, 1.807) is 15.6 Å². The van der Waals surface area contributed by atoms with Crippen LogP contribution >= 0.6 is 35.3 Å². The van der Waals surface area contributed by atoms with Gasteiger partial charge in [-0.2, -0.15) is 0 Å². The molecule has 1 aromatic rings. The zero-order valence-corrected chi connectivity index (χ0v) is 21.3. The Kier molecular flexibility index (Phi) is 9.96. The topological polar surface area (TPSA) is 77.0 Å². The zero-order valence-electron chi connectivity index (χ0n) is 17.3. The van der Waals surface area contributed by atoms with Crippen molar-refractivity contribution in [3.05, 3.63) is 17.5 Å². The Bertz CT molecular complexity index is 726. The summed E-state index contributed by atoms with van der Waals surface area (Å²) in [6.45, 7) is 7.05. The fourth-order valence-corrected chi connectivity index (χ4v) is 5.51. The molecule has 2 aliphatic heterocycles. The monoisotopic (exact) mass is 555 g/mol. The molecule has 2 N–H and O–H groups in total. The second kappa shape index (κ2) is 11.7. The molecule has 3 rings (SSSR count). The maximum absolute atomic E-state index is 11.6. The van der Waals surface area contributed by atoms with Gasteiger partial charge in [0, 0.05) is 45.3 Å². The van der Waals surface area contributed by atoms with Crippen molar-refractivity contribution in [1.82, 2.24) is 14.9 Å². The van der Waals surface area contributed by atoms with E-state index in [9.17, 15) is 8.42 Å². The van der Waals surface area contributed by atoms with Crippen LogP contribution in [0.5, 0.6) is 0 Å². The molecule has 0 spiro atoms. The van der Waals surface area contributed by atoms with Gasteiger partial charge in [-0.3, -0.25) is 4.99 Å². The molecular formula is C19H34IN5O2S2. The smallest absolute Gasteiger partial charge is 0.211 e. The second-order valence-corrected chi connectivity index (χ2v) is 10.6. The van der Waals surface area contributed by atoms with Gasteiger partial charge in [-0.25, -0.2) is 12.7 Å². The summed E-state index contributed by atoms with van der Waals surface area (Å²) in [7, 11) is -3.06. The molecule has 2 fully saturated rings. The minimum atomic E-state index is -3.06. The minimum absolute atomic E-state index is 0. The van der Waals surface area contributed by atoms with Crippen molar-refractivity contribution in [3.8, 4) is 0 Å². The number of aliphatic imine (C=N–C) groups is 1. The first-order chi connectivity index (χ1) is 13.5. The molecule has 0 aliphatic carbocycles. The standard InChI is InChI=1S/C19H33N5O2S2.HI/c1-3-20-19(21-15-16-6-12-24(13-7-16)28(2,25)26)22-17-8-10-23(11-9-17)18-5-4-14-27-18;/h4-5,14,16-17H,3,6-13,15H2,1-2H3,(H2,20,21,22);1H. The third-order valence-corrected chi connectivity index (χ3v) is 7.78. The highest BCUT2D eigenvalue weighted by Gasteiger charge is 2.25. The summed E-state index contributed by atoms with van der Waals surface area (Å²) < 4.78 is 24.9. The zero-order chi connectivity index (χ0) is 20.0. The predicted octanol–water partition coefficient (Wildman–Crippen LogP) is 2.56. The largest absolute Gasteiger partial charge is 0.363 e. The van der Waals surface area contributed by atoms with Crippen molar-refractivity contribution in [2.75, 3.05) is 50.4 Å². The number of hydrogen-bond acceptors (Lipinski definition) is 5. The number of nitrogens with one attached hydrogen (secondary N) is 2. The van der Waals surface area contributed by atoms with Gasteiger partial charge in [0.15, 0.2) is 5.96 Å². The highest BCUT2D eigenvalue weighted by Crippen LogP contribution is 2.25.